The Kier molecular flexibility index (Phi) is 3.90. The highest BCUT2D eigenvalue weighted by Crippen LogP contribution is 2.37. The van der Waals surface area contributed by atoms with E-state index in [4.69, 9.17) is 39.5 Å². The molecule has 19 heavy (non-hydrogen) atoms. The Morgan fingerprint density at radius 1 is 1.32 bits per heavy atom. The fourth-order valence-corrected chi connectivity index (χ4v) is 1.99. The number of anilines is 1. The molecule has 0 bridgehead atoms. The zero-order chi connectivity index (χ0) is 14.2. The molecule has 1 amide bonds. The molecule has 8 heteroatoms. The highest BCUT2D eigenvalue weighted by atomic mass is 35.6. The van der Waals surface area contributed by atoms with Crippen molar-refractivity contribution in [3.05, 3.63) is 17.7 Å². The van der Waals surface area contributed by atoms with Crippen molar-refractivity contribution in [3.8, 4) is 11.5 Å². The maximum atomic E-state index is 11.8. The maximum absolute atomic E-state index is 11.8. The second kappa shape index (κ2) is 5.15. The van der Waals surface area contributed by atoms with E-state index in [1.54, 1.807) is 0 Å². The lowest BCUT2D eigenvalue weighted by Crippen LogP contribution is -2.32. The van der Waals surface area contributed by atoms with Gasteiger partial charge >= 0.3 is 6.09 Å². The first-order valence-electron chi connectivity index (χ1n) is 5.34. The Bertz CT molecular complexity index is 515. The van der Waals surface area contributed by atoms with Crippen molar-refractivity contribution in [2.24, 2.45) is 0 Å². The number of rotatable bonds is 1. The number of halogens is 3. The predicted molar refractivity (Wildman–Crippen MR) is 72.5 cm³/mol. The van der Waals surface area contributed by atoms with Crippen LogP contribution in [0.25, 0.3) is 0 Å². The van der Waals surface area contributed by atoms with Gasteiger partial charge in [-0.1, -0.05) is 34.8 Å². The molecule has 2 N–H and O–H groups in total. The predicted octanol–water partition coefficient (Wildman–Crippen LogP) is 2.97. The molecule has 0 saturated carbocycles. The number of aromatic hydroxyl groups is 2. The van der Waals surface area contributed by atoms with E-state index in [0.717, 1.165) is 5.56 Å². The summed E-state index contributed by atoms with van der Waals surface area (Å²) in [4.78, 5) is 13.1. The first-order chi connectivity index (χ1) is 8.78. The summed E-state index contributed by atoms with van der Waals surface area (Å²) in [6.07, 6.45) is -0.123. The van der Waals surface area contributed by atoms with E-state index in [1.807, 2.05) is 0 Å². The molecule has 1 aromatic rings. The number of phenolic OH excluding ortho intramolecular Hbond substituents is 2. The number of hydrogen-bond acceptors (Lipinski definition) is 4. The van der Waals surface area contributed by atoms with Crippen LogP contribution in [-0.4, -0.2) is 33.3 Å². The summed E-state index contributed by atoms with van der Waals surface area (Å²) in [5, 5.41) is 18.8. The second-order valence-corrected chi connectivity index (χ2v) is 6.56. The van der Waals surface area contributed by atoms with Crippen LogP contribution in [0, 0.1) is 0 Å². The number of carbonyl (C=O) groups excluding carboxylic acids is 1. The first kappa shape index (κ1) is 14.4. The number of fused-ring (bicyclic) bond motifs is 1. The van der Waals surface area contributed by atoms with Crippen LogP contribution >= 0.6 is 34.8 Å². The van der Waals surface area contributed by atoms with Crippen LogP contribution in [0.5, 0.6) is 11.5 Å². The minimum Gasteiger partial charge on any atom is -0.504 e. The average Bonchev–Trinajstić information content (AvgIpc) is 2.69. The highest BCUT2D eigenvalue weighted by Gasteiger charge is 2.30. The van der Waals surface area contributed by atoms with E-state index in [0.29, 0.717) is 18.7 Å². The monoisotopic (exact) mass is 325 g/mol. The zero-order valence-corrected chi connectivity index (χ0v) is 11.8. The number of phenols is 2. The van der Waals surface area contributed by atoms with Crippen molar-refractivity contribution in [1.82, 2.24) is 0 Å². The molecule has 0 spiro atoms. The topological polar surface area (TPSA) is 70.0 Å². The molecule has 0 aromatic heterocycles. The van der Waals surface area contributed by atoms with Gasteiger partial charge in [-0.05, 0) is 18.1 Å². The van der Waals surface area contributed by atoms with Crippen LogP contribution in [0.1, 0.15) is 5.56 Å². The number of ether oxygens (including phenoxy) is 1. The molecule has 5 nitrogen and oxygen atoms in total. The summed E-state index contributed by atoms with van der Waals surface area (Å²) in [6.45, 7) is 0.00329. The van der Waals surface area contributed by atoms with Gasteiger partial charge < -0.3 is 14.9 Å². The molecule has 0 aliphatic carbocycles. The normalized spacial score (nSPS) is 14.4. The SMILES string of the molecule is O=C(OCC(Cl)(Cl)Cl)N1CCc2cc(O)c(O)cc21. The molecule has 1 aromatic carbocycles. The third kappa shape index (κ3) is 3.29. The van der Waals surface area contributed by atoms with Gasteiger partial charge in [-0.2, -0.15) is 0 Å². The Labute approximate surface area is 124 Å². The second-order valence-electron chi connectivity index (χ2n) is 4.04. The first-order valence-corrected chi connectivity index (χ1v) is 6.47. The van der Waals surface area contributed by atoms with Crippen LogP contribution in [0.3, 0.4) is 0 Å². The van der Waals surface area contributed by atoms with E-state index in [1.165, 1.54) is 17.0 Å². The molecule has 1 aliphatic rings. The third-order valence-electron chi connectivity index (χ3n) is 2.65. The van der Waals surface area contributed by atoms with Crippen molar-refractivity contribution >= 4 is 46.6 Å². The molecule has 2 rings (SSSR count). The fraction of sp³-hybridized carbons (Fsp3) is 0.364. The van der Waals surface area contributed by atoms with Gasteiger partial charge in [0.25, 0.3) is 0 Å². The fourth-order valence-electron chi connectivity index (χ4n) is 1.82. The van der Waals surface area contributed by atoms with Crippen LogP contribution in [0.2, 0.25) is 0 Å². The molecule has 1 heterocycles. The van der Waals surface area contributed by atoms with Crippen molar-refractivity contribution in [2.75, 3.05) is 18.1 Å². The molecule has 104 valence electrons. The molecule has 0 unspecified atom stereocenters. The number of benzene rings is 1. The van der Waals surface area contributed by atoms with E-state index in [-0.39, 0.29) is 18.1 Å². The summed E-state index contributed by atoms with van der Waals surface area (Å²) in [5.74, 6) is -0.532. The lowest BCUT2D eigenvalue weighted by Gasteiger charge is -2.19. The smallest absolute Gasteiger partial charge is 0.414 e. The van der Waals surface area contributed by atoms with Crippen LogP contribution < -0.4 is 4.90 Å². The van der Waals surface area contributed by atoms with E-state index in [2.05, 4.69) is 0 Å². The van der Waals surface area contributed by atoms with E-state index in [9.17, 15) is 15.0 Å². The van der Waals surface area contributed by atoms with Crippen LogP contribution in [-0.2, 0) is 11.2 Å². The molecular formula is C11H10Cl3NO4. The van der Waals surface area contributed by atoms with Gasteiger partial charge in [0.1, 0.15) is 6.61 Å². The Morgan fingerprint density at radius 3 is 2.58 bits per heavy atom. The number of amides is 1. The zero-order valence-electron chi connectivity index (χ0n) is 9.57. The lowest BCUT2D eigenvalue weighted by atomic mass is 10.1. The Hall–Kier alpha value is -1.04. The molecule has 0 fully saturated rings. The standard InChI is InChI=1S/C11H10Cl3NO4/c12-11(13,14)5-19-10(18)15-2-1-6-3-8(16)9(17)4-7(6)15/h3-4,16-17H,1-2,5H2. The molecule has 0 saturated heterocycles. The summed E-state index contributed by atoms with van der Waals surface area (Å²) in [6, 6.07) is 2.71. The van der Waals surface area contributed by atoms with Crippen LogP contribution in [0.15, 0.2) is 12.1 Å². The van der Waals surface area contributed by atoms with Gasteiger partial charge in [0, 0.05) is 12.6 Å². The number of alkyl halides is 3. The highest BCUT2D eigenvalue weighted by molar-refractivity contribution is 6.67. The Morgan fingerprint density at radius 2 is 1.95 bits per heavy atom. The van der Waals surface area contributed by atoms with Crippen LogP contribution in [0.4, 0.5) is 10.5 Å². The van der Waals surface area contributed by atoms with Gasteiger partial charge in [-0.25, -0.2) is 4.79 Å². The number of nitrogens with zero attached hydrogens (tertiary/aromatic N) is 1. The van der Waals surface area contributed by atoms with E-state index >= 15 is 0 Å². The molecule has 1 aliphatic heterocycles. The van der Waals surface area contributed by atoms with Gasteiger partial charge in [0.2, 0.25) is 3.79 Å². The number of carbonyl (C=O) groups is 1. The van der Waals surface area contributed by atoms with Crippen molar-refractivity contribution in [3.63, 3.8) is 0 Å². The minimum atomic E-state index is -1.67. The maximum Gasteiger partial charge on any atom is 0.414 e. The Balaban J connectivity index is 2.14. The van der Waals surface area contributed by atoms with Gasteiger partial charge in [-0.3, -0.25) is 4.90 Å². The van der Waals surface area contributed by atoms with Crippen molar-refractivity contribution in [1.29, 1.82) is 0 Å². The number of hydrogen-bond donors (Lipinski definition) is 2. The van der Waals surface area contributed by atoms with E-state index < -0.39 is 9.89 Å². The summed E-state index contributed by atoms with van der Waals surface area (Å²) in [7, 11) is 0. The van der Waals surface area contributed by atoms with Crippen molar-refractivity contribution < 1.29 is 19.7 Å². The lowest BCUT2D eigenvalue weighted by molar-refractivity contribution is 0.156. The van der Waals surface area contributed by atoms with Gasteiger partial charge in [0.15, 0.2) is 11.5 Å². The molecule has 0 atom stereocenters. The van der Waals surface area contributed by atoms with Gasteiger partial charge in [-0.15, -0.1) is 0 Å². The molecular weight excluding hydrogens is 316 g/mol. The summed E-state index contributed by atoms with van der Waals surface area (Å²) >= 11 is 16.5. The molecule has 0 radical (unpaired) electrons. The quantitative estimate of drug-likeness (QED) is 0.615. The largest absolute Gasteiger partial charge is 0.504 e. The van der Waals surface area contributed by atoms with Gasteiger partial charge in [0.05, 0.1) is 5.69 Å². The third-order valence-corrected chi connectivity index (χ3v) is 2.98. The van der Waals surface area contributed by atoms with Crippen molar-refractivity contribution in [2.45, 2.75) is 10.2 Å². The summed E-state index contributed by atoms with van der Waals surface area (Å²) in [5.41, 5.74) is 1.21. The minimum absolute atomic E-state index is 0.227. The average molecular weight is 327 g/mol. The summed E-state index contributed by atoms with van der Waals surface area (Å²) < 4.78 is 3.19.